The van der Waals surface area contributed by atoms with E-state index in [-0.39, 0.29) is 5.91 Å². The first-order chi connectivity index (χ1) is 14.6. The molecule has 1 saturated carbocycles. The number of carbonyl (C=O) groups excluding carboxylic acids is 1. The minimum Gasteiger partial charge on any atom is -0.497 e. The average Bonchev–Trinajstić information content (AvgIpc) is 3.57. The number of nitrogens with one attached hydrogen (secondary N) is 2. The molecule has 7 heteroatoms. The number of aliphatic imine (C=N–C) groups is 1. The van der Waals surface area contributed by atoms with Gasteiger partial charge in [-0.15, -0.1) is 0 Å². The lowest BCUT2D eigenvalue weighted by atomic mass is 9.98. The summed E-state index contributed by atoms with van der Waals surface area (Å²) >= 11 is 0. The molecule has 166 valence electrons. The molecule has 2 fully saturated rings. The van der Waals surface area contributed by atoms with Crippen molar-refractivity contribution in [1.82, 2.24) is 20.4 Å². The van der Waals surface area contributed by atoms with Crippen LogP contribution < -0.4 is 15.4 Å². The summed E-state index contributed by atoms with van der Waals surface area (Å²) < 4.78 is 5.24. The van der Waals surface area contributed by atoms with Gasteiger partial charge in [0.05, 0.1) is 13.7 Å². The summed E-state index contributed by atoms with van der Waals surface area (Å²) in [4.78, 5) is 21.5. The van der Waals surface area contributed by atoms with Gasteiger partial charge in [0.2, 0.25) is 5.91 Å². The number of ether oxygens (including phenoxy) is 1. The van der Waals surface area contributed by atoms with E-state index in [9.17, 15) is 4.79 Å². The first kappa shape index (κ1) is 22.4. The number of carbonyl (C=O) groups is 1. The minimum absolute atomic E-state index is 0.166. The molecule has 2 aliphatic rings. The second kappa shape index (κ2) is 11.2. The number of benzene rings is 1. The molecule has 1 heterocycles. The number of hydrogen-bond acceptors (Lipinski definition) is 4. The Labute approximate surface area is 180 Å². The normalized spacial score (nSPS) is 18.8. The Hall–Kier alpha value is -2.28. The predicted molar refractivity (Wildman–Crippen MR) is 121 cm³/mol. The standard InChI is InChI=1S/C23H37N5O2/c1-4-24-23(25-12-11-18(2)19-5-9-21(30-3)10-6-19)28-15-13-27(14-16-28)17-22(29)26-20-7-8-20/h5-6,9-10,18,20H,4,7-8,11-17H2,1-3H3,(H,24,25)(H,26,29). The van der Waals surface area contributed by atoms with Crippen LogP contribution in [0, 0.1) is 0 Å². The van der Waals surface area contributed by atoms with Crippen LogP contribution in [0.4, 0.5) is 0 Å². The second-order valence-corrected chi connectivity index (χ2v) is 8.30. The van der Waals surface area contributed by atoms with E-state index in [4.69, 9.17) is 9.73 Å². The van der Waals surface area contributed by atoms with Crippen LogP contribution in [0.25, 0.3) is 0 Å². The van der Waals surface area contributed by atoms with Crippen molar-refractivity contribution in [2.24, 2.45) is 4.99 Å². The van der Waals surface area contributed by atoms with Gasteiger partial charge in [-0.1, -0.05) is 19.1 Å². The Bertz CT molecular complexity index is 694. The molecule has 3 rings (SSSR count). The van der Waals surface area contributed by atoms with Crippen LogP contribution in [0.15, 0.2) is 29.3 Å². The zero-order valence-electron chi connectivity index (χ0n) is 18.7. The molecule has 1 aliphatic carbocycles. The van der Waals surface area contributed by atoms with E-state index in [0.29, 0.717) is 18.5 Å². The molecule has 1 aromatic carbocycles. The fourth-order valence-electron chi connectivity index (χ4n) is 3.71. The lowest BCUT2D eigenvalue weighted by Crippen LogP contribution is -2.54. The zero-order chi connectivity index (χ0) is 21.3. The Morgan fingerprint density at radius 3 is 2.50 bits per heavy atom. The first-order valence-electron chi connectivity index (χ1n) is 11.3. The van der Waals surface area contributed by atoms with Gasteiger partial charge in [0.15, 0.2) is 5.96 Å². The molecule has 0 bridgehead atoms. The van der Waals surface area contributed by atoms with Crippen molar-refractivity contribution >= 4 is 11.9 Å². The van der Waals surface area contributed by atoms with Crippen LogP contribution in [-0.2, 0) is 4.79 Å². The molecule has 1 amide bonds. The highest BCUT2D eigenvalue weighted by molar-refractivity contribution is 5.80. The number of methoxy groups -OCH3 is 1. The lowest BCUT2D eigenvalue weighted by Gasteiger charge is -2.36. The highest BCUT2D eigenvalue weighted by Gasteiger charge is 2.25. The highest BCUT2D eigenvalue weighted by atomic mass is 16.5. The van der Waals surface area contributed by atoms with Crippen LogP contribution in [0.5, 0.6) is 5.75 Å². The van der Waals surface area contributed by atoms with Crippen molar-refractivity contribution < 1.29 is 9.53 Å². The lowest BCUT2D eigenvalue weighted by molar-refractivity contribution is -0.122. The minimum atomic E-state index is 0.166. The summed E-state index contributed by atoms with van der Waals surface area (Å²) in [6, 6.07) is 8.74. The van der Waals surface area contributed by atoms with Crippen molar-refractivity contribution in [1.29, 1.82) is 0 Å². The van der Waals surface area contributed by atoms with Gasteiger partial charge in [-0.3, -0.25) is 14.7 Å². The Kier molecular flexibility index (Phi) is 8.37. The molecule has 1 aromatic rings. The smallest absolute Gasteiger partial charge is 0.234 e. The topological polar surface area (TPSA) is 69.2 Å². The maximum absolute atomic E-state index is 12.0. The Morgan fingerprint density at radius 1 is 1.20 bits per heavy atom. The highest BCUT2D eigenvalue weighted by Crippen LogP contribution is 2.22. The summed E-state index contributed by atoms with van der Waals surface area (Å²) in [5.74, 6) is 2.49. The van der Waals surface area contributed by atoms with Crippen LogP contribution >= 0.6 is 0 Å². The van der Waals surface area contributed by atoms with Crippen LogP contribution in [0.3, 0.4) is 0 Å². The molecule has 7 nitrogen and oxygen atoms in total. The monoisotopic (exact) mass is 415 g/mol. The van der Waals surface area contributed by atoms with Crippen LogP contribution in [0.1, 0.15) is 44.6 Å². The molecular formula is C23H37N5O2. The molecule has 0 radical (unpaired) electrons. The van der Waals surface area contributed by atoms with Gasteiger partial charge >= 0.3 is 0 Å². The SMILES string of the molecule is CCNC(=NCCC(C)c1ccc(OC)cc1)N1CCN(CC(=O)NC2CC2)CC1. The zero-order valence-corrected chi connectivity index (χ0v) is 18.7. The molecule has 1 saturated heterocycles. The molecule has 0 aromatic heterocycles. The average molecular weight is 416 g/mol. The van der Waals surface area contributed by atoms with E-state index >= 15 is 0 Å². The fraction of sp³-hybridized carbons (Fsp3) is 0.652. The van der Waals surface area contributed by atoms with E-state index in [0.717, 1.165) is 70.2 Å². The maximum Gasteiger partial charge on any atom is 0.234 e. The molecule has 30 heavy (non-hydrogen) atoms. The van der Waals surface area contributed by atoms with Gasteiger partial charge < -0.3 is 20.3 Å². The quantitative estimate of drug-likeness (QED) is 0.477. The third kappa shape index (κ3) is 6.90. The van der Waals surface area contributed by atoms with Crippen LogP contribution in [-0.4, -0.2) is 80.6 Å². The summed E-state index contributed by atoms with van der Waals surface area (Å²) in [6.07, 6.45) is 3.28. The summed E-state index contributed by atoms with van der Waals surface area (Å²) in [5.41, 5.74) is 1.31. The fourth-order valence-corrected chi connectivity index (χ4v) is 3.71. The van der Waals surface area contributed by atoms with Crippen molar-refractivity contribution in [3.05, 3.63) is 29.8 Å². The van der Waals surface area contributed by atoms with Crippen molar-refractivity contribution in [3.8, 4) is 5.75 Å². The third-order valence-corrected chi connectivity index (χ3v) is 5.82. The molecular weight excluding hydrogens is 378 g/mol. The Morgan fingerprint density at radius 2 is 1.90 bits per heavy atom. The van der Waals surface area contributed by atoms with E-state index in [2.05, 4.69) is 46.4 Å². The summed E-state index contributed by atoms with van der Waals surface area (Å²) in [7, 11) is 1.69. The largest absolute Gasteiger partial charge is 0.497 e. The third-order valence-electron chi connectivity index (χ3n) is 5.82. The molecule has 1 unspecified atom stereocenters. The van der Waals surface area contributed by atoms with Gasteiger partial charge in [-0.2, -0.15) is 0 Å². The first-order valence-corrected chi connectivity index (χ1v) is 11.3. The number of amides is 1. The van der Waals surface area contributed by atoms with E-state index in [1.54, 1.807) is 7.11 Å². The van der Waals surface area contributed by atoms with Crippen LogP contribution in [0.2, 0.25) is 0 Å². The number of hydrogen-bond donors (Lipinski definition) is 2. The van der Waals surface area contributed by atoms with Crippen molar-refractivity contribution in [2.45, 2.75) is 45.1 Å². The van der Waals surface area contributed by atoms with Gasteiger partial charge in [0.25, 0.3) is 0 Å². The summed E-state index contributed by atoms with van der Waals surface area (Å²) in [6.45, 7) is 10.1. The number of nitrogens with zero attached hydrogens (tertiary/aromatic N) is 3. The van der Waals surface area contributed by atoms with Gasteiger partial charge in [-0.05, 0) is 49.8 Å². The number of guanidine groups is 1. The van der Waals surface area contributed by atoms with E-state index in [1.807, 2.05) is 12.1 Å². The Balaban J connectivity index is 1.44. The molecule has 0 spiro atoms. The van der Waals surface area contributed by atoms with E-state index < -0.39 is 0 Å². The molecule has 2 N–H and O–H groups in total. The second-order valence-electron chi connectivity index (χ2n) is 8.30. The number of rotatable bonds is 9. The van der Waals surface area contributed by atoms with Crippen molar-refractivity contribution in [3.63, 3.8) is 0 Å². The molecule has 1 atom stereocenters. The molecule has 1 aliphatic heterocycles. The predicted octanol–water partition coefficient (Wildman–Crippen LogP) is 2.05. The van der Waals surface area contributed by atoms with Crippen molar-refractivity contribution in [2.75, 3.05) is 52.9 Å². The van der Waals surface area contributed by atoms with Gasteiger partial charge in [0, 0.05) is 45.3 Å². The van der Waals surface area contributed by atoms with E-state index in [1.165, 1.54) is 5.56 Å². The summed E-state index contributed by atoms with van der Waals surface area (Å²) in [5, 5.41) is 6.51. The van der Waals surface area contributed by atoms with Gasteiger partial charge in [0.1, 0.15) is 5.75 Å². The van der Waals surface area contributed by atoms with Gasteiger partial charge in [-0.25, -0.2) is 0 Å². The maximum atomic E-state index is 12.0. The number of piperazine rings is 1.